The molecule has 9 aromatic carbocycles. The Labute approximate surface area is 271 Å². The number of rotatable bonds is 3. The second-order valence-electron chi connectivity index (χ2n) is 12.4. The molecule has 47 heavy (non-hydrogen) atoms. The molecule has 10 aromatic rings. The van der Waals surface area contributed by atoms with Gasteiger partial charge in [-0.15, -0.1) is 0 Å². The highest BCUT2D eigenvalue weighted by atomic mass is 16.3. The third kappa shape index (κ3) is 3.97. The van der Waals surface area contributed by atoms with E-state index in [1.807, 2.05) is 0 Å². The summed E-state index contributed by atoms with van der Waals surface area (Å²) < 4.78 is 6.55. The van der Waals surface area contributed by atoms with Crippen LogP contribution in [0.25, 0.3) is 98.4 Å². The fourth-order valence-electron chi connectivity index (χ4n) is 7.73. The molecule has 0 spiro atoms. The Balaban J connectivity index is 1.36. The van der Waals surface area contributed by atoms with Crippen molar-refractivity contribution in [2.45, 2.75) is 0 Å². The van der Waals surface area contributed by atoms with Crippen LogP contribution in [0.1, 0.15) is 0 Å². The van der Waals surface area contributed by atoms with Crippen molar-refractivity contribution in [2.24, 2.45) is 0 Å². The lowest BCUT2D eigenvalue weighted by Crippen LogP contribution is -1.93. The molecule has 0 saturated heterocycles. The Morgan fingerprint density at radius 3 is 1.40 bits per heavy atom. The summed E-state index contributed by atoms with van der Waals surface area (Å²) in [5.41, 5.74) is 9.22. The van der Waals surface area contributed by atoms with E-state index in [1.165, 1.54) is 76.5 Å². The number of hydrogen-bond acceptors (Lipinski definition) is 1. The second-order valence-corrected chi connectivity index (χ2v) is 12.4. The van der Waals surface area contributed by atoms with Crippen LogP contribution in [0.2, 0.25) is 0 Å². The molecular formula is C46H28O. The molecule has 0 aliphatic heterocycles. The Hall–Kier alpha value is -6.18. The van der Waals surface area contributed by atoms with Crippen LogP contribution < -0.4 is 0 Å². The van der Waals surface area contributed by atoms with Crippen LogP contribution in [-0.4, -0.2) is 0 Å². The van der Waals surface area contributed by atoms with Crippen molar-refractivity contribution >= 4 is 65.0 Å². The third-order valence-corrected chi connectivity index (χ3v) is 9.80. The van der Waals surface area contributed by atoms with Gasteiger partial charge in [-0.2, -0.15) is 0 Å². The maximum absolute atomic E-state index is 6.55. The summed E-state index contributed by atoms with van der Waals surface area (Å²) in [5.74, 6) is 0. The number of fused-ring (bicyclic) bond motifs is 7. The highest BCUT2D eigenvalue weighted by molar-refractivity contribution is 6.27. The van der Waals surface area contributed by atoms with E-state index in [0.29, 0.717) is 0 Å². The van der Waals surface area contributed by atoms with E-state index >= 15 is 0 Å². The van der Waals surface area contributed by atoms with Crippen molar-refractivity contribution in [2.75, 3.05) is 0 Å². The van der Waals surface area contributed by atoms with Crippen LogP contribution in [-0.2, 0) is 0 Å². The maximum Gasteiger partial charge on any atom is 0.136 e. The molecule has 1 aromatic heterocycles. The molecule has 0 amide bonds. The number of furan rings is 1. The van der Waals surface area contributed by atoms with Gasteiger partial charge < -0.3 is 4.42 Å². The Bertz CT molecular complexity index is 2780. The zero-order valence-electron chi connectivity index (χ0n) is 25.6. The van der Waals surface area contributed by atoms with Crippen molar-refractivity contribution in [1.29, 1.82) is 0 Å². The van der Waals surface area contributed by atoms with Crippen molar-refractivity contribution < 1.29 is 4.42 Å². The molecule has 0 unspecified atom stereocenters. The van der Waals surface area contributed by atoms with E-state index in [0.717, 1.165) is 21.9 Å². The summed E-state index contributed by atoms with van der Waals surface area (Å²) in [7, 11) is 0. The van der Waals surface area contributed by atoms with Gasteiger partial charge in [0.2, 0.25) is 0 Å². The van der Waals surface area contributed by atoms with Gasteiger partial charge in [0.25, 0.3) is 0 Å². The van der Waals surface area contributed by atoms with Gasteiger partial charge in [-0.05, 0) is 107 Å². The van der Waals surface area contributed by atoms with Gasteiger partial charge in [-0.25, -0.2) is 0 Å². The van der Waals surface area contributed by atoms with Gasteiger partial charge >= 0.3 is 0 Å². The first kappa shape index (κ1) is 26.1. The van der Waals surface area contributed by atoms with Crippen LogP contribution in [0, 0.1) is 0 Å². The van der Waals surface area contributed by atoms with Crippen molar-refractivity contribution in [1.82, 2.24) is 0 Å². The molecule has 0 aliphatic carbocycles. The van der Waals surface area contributed by atoms with Gasteiger partial charge in [0.1, 0.15) is 11.2 Å². The van der Waals surface area contributed by atoms with Gasteiger partial charge in [-0.1, -0.05) is 140 Å². The van der Waals surface area contributed by atoms with Gasteiger partial charge in [0.05, 0.1) is 0 Å². The SMILES string of the molecule is c1ccc(-c2cc3ccccc3cc2-c2c3ccccc3c(-c3cccc4oc5cc6ccccc6cc5c34)c3ccccc23)cc1. The van der Waals surface area contributed by atoms with Crippen molar-refractivity contribution in [3.63, 3.8) is 0 Å². The minimum Gasteiger partial charge on any atom is -0.456 e. The molecule has 10 rings (SSSR count). The molecule has 1 nitrogen and oxygen atoms in total. The lowest BCUT2D eigenvalue weighted by molar-refractivity contribution is 0.669. The lowest BCUT2D eigenvalue weighted by atomic mass is 9.82. The second kappa shape index (κ2) is 10.2. The fourth-order valence-corrected chi connectivity index (χ4v) is 7.73. The lowest BCUT2D eigenvalue weighted by Gasteiger charge is -2.20. The highest BCUT2D eigenvalue weighted by Gasteiger charge is 2.22. The first-order valence-electron chi connectivity index (χ1n) is 16.2. The Kier molecular flexibility index (Phi) is 5.64. The molecule has 0 bridgehead atoms. The van der Waals surface area contributed by atoms with E-state index in [-0.39, 0.29) is 0 Å². The topological polar surface area (TPSA) is 13.1 Å². The molecule has 1 heteroatoms. The van der Waals surface area contributed by atoms with E-state index in [1.54, 1.807) is 0 Å². The zero-order chi connectivity index (χ0) is 30.9. The average molecular weight is 597 g/mol. The Morgan fingerprint density at radius 1 is 0.298 bits per heavy atom. The monoisotopic (exact) mass is 596 g/mol. The van der Waals surface area contributed by atoms with E-state index in [9.17, 15) is 0 Å². The van der Waals surface area contributed by atoms with Crippen LogP contribution in [0.3, 0.4) is 0 Å². The van der Waals surface area contributed by atoms with Crippen LogP contribution >= 0.6 is 0 Å². The van der Waals surface area contributed by atoms with Gasteiger partial charge in [0, 0.05) is 10.8 Å². The van der Waals surface area contributed by atoms with E-state index in [4.69, 9.17) is 4.42 Å². The largest absolute Gasteiger partial charge is 0.456 e. The first-order valence-corrected chi connectivity index (χ1v) is 16.2. The summed E-state index contributed by atoms with van der Waals surface area (Å²) in [6.07, 6.45) is 0. The molecule has 1 heterocycles. The smallest absolute Gasteiger partial charge is 0.136 e. The van der Waals surface area contributed by atoms with Crippen LogP contribution in [0.15, 0.2) is 174 Å². The Morgan fingerprint density at radius 2 is 0.787 bits per heavy atom. The average Bonchev–Trinajstić information content (AvgIpc) is 3.50. The zero-order valence-corrected chi connectivity index (χ0v) is 25.6. The quantitative estimate of drug-likeness (QED) is 0.185. The van der Waals surface area contributed by atoms with E-state index in [2.05, 4.69) is 170 Å². The molecule has 0 N–H and O–H groups in total. The summed E-state index contributed by atoms with van der Waals surface area (Å²) in [6, 6.07) is 61.6. The highest BCUT2D eigenvalue weighted by Crippen LogP contribution is 2.49. The molecule has 218 valence electrons. The van der Waals surface area contributed by atoms with E-state index < -0.39 is 0 Å². The minimum absolute atomic E-state index is 0.908. The molecule has 0 atom stereocenters. The third-order valence-electron chi connectivity index (χ3n) is 9.80. The molecule has 0 radical (unpaired) electrons. The van der Waals surface area contributed by atoms with Gasteiger partial charge in [0.15, 0.2) is 0 Å². The first-order chi connectivity index (χ1) is 23.3. The molecule has 0 saturated carbocycles. The fraction of sp³-hybridized carbons (Fsp3) is 0. The number of hydrogen-bond donors (Lipinski definition) is 0. The summed E-state index contributed by atoms with van der Waals surface area (Å²) >= 11 is 0. The summed E-state index contributed by atoms with van der Waals surface area (Å²) in [6.45, 7) is 0. The van der Waals surface area contributed by atoms with Crippen LogP contribution in [0.5, 0.6) is 0 Å². The molecule has 0 fully saturated rings. The molecule has 0 aliphatic rings. The normalized spacial score (nSPS) is 11.8. The maximum atomic E-state index is 6.55. The van der Waals surface area contributed by atoms with Gasteiger partial charge in [-0.3, -0.25) is 0 Å². The predicted molar refractivity (Wildman–Crippen MR) is 200 cm³/mol. The predicted octanol–water partition coefficient (Wildman–Crippen LogP) is 13.2. The van der Waals surface area contributed by atoms with Crippen molar-refractivity contribution in [3.8, 4) is 33.4 Å². The minimum atomic E-state index is 0.908. The van der Waals surface area contributed by atoms with Crippen LogP contribution in [0.4, 0.5) is 0 Å². The summed E-state index contributed by atoms with van der Waals surface area (Å²) in [5, 5.41) is 12.1. The standard InChI is InChI=1S/C46H28O/c1-2-13-29(14-3-1)39-25-30-15-4-5-16-31(30)26-40(39)45-36-21-10-8-19-34(36)44(35-20-9-11-22-37(35)45)38-23-12-24-42-46(38)41-27-32-17-6-7-18-33(32)28-43(41)47-42/h1-28H. The van der Waals surface area contributed by atoms with Crippen molar-refractivity contribution in [3.05, 3.63) is 170 Å². The number of benzene rings is 9. The summed E-state index contributed by atoms with van der Waals surface area (Å²) in [4.78, 5) is 0. The molecular weight excluding hydrogens is 569 g/mol.